The predicted octanol–water partition coefficient (Wildman–Crippen LogP) is 2.84. The van der Waals surface area contributed by atoms with Gasteiger partial charge in [-0.3, -0.25) is 4.90 Å². The molecule has 1 saturated heterocycles. The van der Waals surface area contributed by atoms with Crippen LogP contribution in [0.1, 0.15) is 20.3 Å². The van der Waals surface area contributed by atoms with E-state index >= 15 is 0 Å². The van der Waals surface area contributed by atoms with Crippen LogP contribution < -0.4 is 10.6 Å². The van der Waals surface area contributed by atoms with Crippen LogP contribution in [0.2, 0.25) is 5.02 Å². The second kappa shape index (κ2) is 6.79. The molecule has 2 N–H and O–H groups in total. The van der Waals surface area contributed by atoms with Gasteiger partial charge in [0.05, 0.1) is 10.7 Å². The summed E-state index contributed by atoms with van der Waals surface area (Å²) in [5.41, 5.74) is 7.21. The summed E-state index contributed by atoms with van der Waals surface area (Å²) in [6.45, 7) is 10.7. The summed E-state index contributed by atoms with van der Waals surface area (Å²) in [7, 11) is 0. The van der Waals surface area contributed by atoms with Crippen LogP contribution in [0, 0.1) is 5.41 Å². The van der Waals surface area contributed by atoms with Gasteiger partial charge in [-0.1, -0.05) is 37.6 Å². The van der Waals surface area contributed by atoms with E-state index in [-0.39, 0.29) is 5.41 Å². The van der Waals surface area contributed by atoms with Crippen molar-refractivity contribution in [2.24, 2.45) is 11.1 Å². The lowest BCUT2D eigenvalue weighted by molar-refractivity contribution is 0.211. The monoisotopic (exact) mass is 295 g/mol. The summed E-state index contributed by atoms with van der Waals surface area (Å²) in [6.07, 6.45) is 1.16. The van der Waals surface area contributed by atoms with Crippen molar-refractivity contribution in [3.05, 3.63) is 29.3 Å². The lowest BCUT2D eigenvalue weighted by atomic mass is 9.89. The van der Waals surface area contributed by atoms with E-state index in [9.17, 15) is 0 Å². The van der Waals surface area contributed by atoms with E-state index in [1.165, 1.54) is 0 Å². The van der Waals surface area contributed by atoms with Gasteiger partial charge in [0.2, 0.25) is 0 Å². The quantitative estimate of drug-likeness (QED) is 0.907. The van der Waals surface area contributed by atoms with Crippen molar-refractivity contribution >= 4 is 17.3 Å². The molecule has 112 valence electrons. The zero-order valence-corrected chi connectivity index (χ0v) is 13.4. The minimum Gasteiger partial charge on any atom is -0.368 e. The van der Waals surface area contributed by atoms with Gasteiger partial charge in [-0.05, 0) is 37.1 Å². The fourth-order valence-corrected chi connectivity index (χ4v) is 2.74. The molecular formula is C16H26ClN3. The molecule has 0 unspecified atom stereocenters. The first-order valence-electron chi connectivity index (χ1n) is 7.44. The third kappa shape index (κ3) is 4.11. The van der Waals surface area contributed by atoms with Gasteiger partial charge in [0.15, 0.2) is 0 Å². The minimum atomic E-state index is 0.250. The first-order valence-corrected chi connectivity index (χ1v) is 7.81. The number of piperazine rings is 1. The van der Waals surface area contributed by atoms with E-state index in [0.717, 1.165) is 56.4 Å². The van der Waals surface area contributed by atoms with Crippen molar-refractivity contribution in [2.45, 2.75) is 20.3 Å². The summed E-state index contributed by atoms with van der Waals surface area (Å²) in [5, 5.41) is 0.852. The molecule has 0 bridgehead atoms. The number of hydrogen-bond acceptors (Lipinski definition) is 3. The normalized spacial score (nSPS) is 17.5. The van der Waals surface area contributed by atoms with Crippen LogP contribution in [0.5, 0.6) is 0 Å². The number of nitrogens with two attached hydrogens (primary N) is 1. The Morgan fingerprint density at radius 2 is 1.80 bits per heavy atom. The zero-order chi connectivity index (χ0) is 14.6. The van der Waals surface area contributed by atoms with Gasteiger partial charge >= 0.3 is 0 Å². The van der Waals surface area contributed by atoms with E-state index in [1.54, 1.807) is 0 Å². The van der Waals surface area contributed by atoms with Crippen LogP contribution in [-0.2, 0) is 0 Å². The maximum Gasteiger partial charge on any atom is 0.0639 e. The van der Waals surface area contributed by atoms with Crippen LogP contribution in [-0.4, -0.2) is 44.2 Å². The van der Waals surface area contributed by atoms with E-state index < -0.39 is 0 Å². The Bertz CT molecular complexity index is 425. The van der Waals surface area contributed by atoms with Crippen LogP contribution in [0.3, 0.4) is 0 Å². The first-order chi connectivity index (χ1) is 9.52. The highest BCUT2D eigenvalue weighted by Crippen LogP contribution is 2.26. The fourth-order valence-electron chi connectivity index (χ4n) is 2.48. The summed E-state index contributed by atoms with van der Waals surface area (Å²) in [5.74, 6) is 0. The zero-order valence-electron chi connectivity index (χ0n) is 12.6. The summed E-state index contributed by atoms with van der Waals surface area (Å²) in [6, 6.07) is 8.11. The maximum atomic E-state index is 6.26. The molecule has 0 spiro atoms. The number of halogens is 1. The second-order valence-electron chi connectivity index (χ2n) is 6.40. The third-order valence-corrected chi connectivity index (χ3v) is 4.54. The molecule has 1 heterocycles. The molecule has 0 amide bonds. The van der Waals surface area contributed by atoms with Gasteiger partial charge < -0.3 is 10.6 Å². The minimum absolute atomic E-state index is 0.250. The first kappa shape index (κ1) is 15.6. The van der Waals surface area contributed by atoms with Crippen LogP contribution >= 0.6 is 11.6 Å². The molecule has 20 heavy (non-hydrogen) atoms. The van der Waals surface area contributed by atoms with E-state index in [2.05, 4.69) is 35.8 Å². The highest BCUT2D eigenvalue weighted by Gasteiger charge is 2.21. The SMILES string of the molecule is CC(C)(CN)CCN1CCN(c2ccccc2Cl)CC1. The molecule has 3 nitrogen and oxygen atoms in total. The molecule has 2 rings (SSSR count). The van der Waals surface area contributed by atoms with Crippen LogP contribution in [0.4, 0.5) is 5.69 Å². The number of anilines is 1. The Hall–Kier alpha value is -0.770. The molecule has 0 radical (unpaired) electrons. The molecule has 1 aliphatic heterocycles. The van der Waals surface area contributed by atoms with Crippen molar-refractivity contribution in [2.75, 3.05) is 44.2 Å². The molecule has 0 atom stereocenters. The molecule has 1 aliphatic rings. The van der Waals surface area contributed by atoms with E-state index in [0.29, 0.717) is 0 Å². The fraction of sp³-hybridized carbons (Fsp3) is 0.625. The predicted molar refractivity (Wildman–Crippen MR) is 87.6 cm³/mol. The Morgan fingerprint density at radius 3 is 2.40 bits per heavy atom. The molecule has 0 aromatic heterocycles. The Morgan fingerprint density at radius 1 is 1.15 bits per heavy atom. The summed E-state index contributed by atoms with van der Waals surface area (Å²) in [4.78, 5) is 4.91. The van der Waals surface area contributed by atoms with Gasteiger partial charge in [0, 0.05) is 26.2 Å². The Labute approximate surface area is 127 Å². The highest BCUT2D eigenvalue weighted by atomic mass is 35.5. The molecule has 1 fully saturated rings. The van der Waals surface area contributed by atoms with Crippen LogP contribution in [0.15, 0.2) is 24.3 Å². The van der Waals surface area contributed by atoms with Crippen molar-refractivity contribution in [1.29, 1.82) is 0 Å². The average molecular weight is 296 g/mol. The molecule has 4 heteroatoms. The van der Waals surface area contributed by atoms with Crippen molar-refractivity contribution in [3.63, 3.8) is 0 Å². The second-order valence-corrected chi connectivity index (χ2v) is 6.81. The number of hydrogen-bond donors (Lipinski definition) is 1. The van der Waals surface area contributed by atoms with Gasteiger partial charge in [0.25, 0.3) is 0 Å². The summed E-state index contributed by atoms with van der Waals surface area (Å²) < 4.78 is 0. The van der Waals surface area contributed by atoms with Crippen LogP contribution in [0.25, 0.3) is 0 Å². The van der Waals surface area contributed by atoms with Gasteiger partial charge in [-0.2, -0.15) is 0 Å². The number of para-hydroxylation sites is 1. The average Bonchev–Trinajstić information content (AvgIpc) is 2.46. The third-order valence-electron chi connectivity index (χ3n) is 4.22. The standard InChI is InChI=1S/C16H26ClN3/c1-16(2,13-18)7-8-19-9-11-20(12-10-19)15-6-4-3-5-14(15)17/h3-6H,7-13,18H2,1-2H3. The van der Waals surface area contributed by atoms with Gasteiger partial charge in [0.1, 0.15) is 0 Å². The molecular weight excluding hydrogens is 270 g/mol. The Kier molecular flexibility index (Phi) is 5.30. The number of nitrogens with zero attached hydrogens (tertiary/aromatic N) is 2. The van der Waals surface area contributed by atoms with E-state index in [4.69, 9.17) is 17.3 Å². The lowest BCUT2D eigenvalue weighted by Gasteiger charge is -2.37. The van der Waals surface area contributed by atoms with Crippen molar-refractivity contribution in [3.8, 4) is 0 Å². The number of benzene rings is 1. The molecule has 1 aromatic rings. The largest absolute Gasteiger partial charge is 0.368 e. The van der Waals surface area contributed by atoms with Gasteiger partial charge in [-0.15, -0.1) is 0 Å². The molecule has 0 saturated carbocycles. The summed E-state index contributed by atoms with van der Waals surface area (Å²) >= 11 is 6.26. The Balaban J connectivity index is 1.82. The smallest absolute Gasteiger partial charge is 0.0639 e. The topological polar surface area (TPSA) is 32.5 Å². The van der Waals surface area contributed by atoms with Crippen molar-refractivity contribution < 1.29 is 0 Å². The molecule has 1 aromatic carbocycles. The maximum absolute atomic E-state index is 6.26. The molecule has 0 aliphatic carbocycles. The lowest BCUT2D eigenvalue weighted by Crippen LogP contribution is -2.47. The number of rotatable bonds is 5. The van der Waals surface area contributed by atoms with Gasteiger partial charge in [-0.25, -0.2) is 0 Å². The van der Waals surface area contributed by atoms with E-state index in [1.807, 2.05) is 12.1 Å². The highest BCUT2D eigenvalue weighted by molar-refractivity contribution is 6.33. The van der Waals surface area contributed by atoms with Crippen molar-refractivity contribution in [1.82, 2.24) is 4.90 Å².